The molecule has 13 heavy (non-hydrogen) atoms. The molecular formula is C8H14F3NO. The van der Waals surface area contributed by atoms with E-state index in [-0.39, 0.29) is 19.1 Å². The van der Waals surface area contributed by atoms with Gasteiger partial charge in [-0.3, -0.25) is 0 Å². The van der Waals surface area contributed by atoms with Crippen LogP contribution < -0.4 is 5.32 Å². The fraction of sp³-hybridized carbons (Fsp3) is 1.00. The Morgan fingerprint density at radius 3 is 2.69 bits per heavy atom. The first-order chi connectivity index (χ1) is 6.08. The minimum absolute atomic E-state index is 0.0694. The van der Waals surface area contributed by atoms with Crippen molar-refractivity contribution in [3.63, 3.8) is 0 Å². The fourth-order valence-corrected chi connectivity index (χ4v) is 1.29. The van der Waals surface area contributed by atoms with E-state index >= 15 is 0 Å². The average Bonchev–Trinajstić information content (AvgIpc) is 2.48. The van der Waals surface area contributed by atoms with E-state index in [1.165, 1.54) is 0 Å². The summed E-state index contributed by atoms with van der Waals surface area (Å²) in [5, 5.41) is 3.08. The van der Waals surface area contributed by atoms with Crippen LogP contribution in [0.1, 0.15) is 19.3 Å². The monoisotopic (exact) mass is 197 g/mol. The molecule has 0 aliphatic carbocycles. The maximum absolute atomic E-state index is 11.7. The highest BCUT2D eigenvalue weighted by Crippen LogP contribution is 2.21. The maximum Gasteiger partial charge on any atom is 0.389 e. The van der Waals surface area contributed by atoms with Crippen molar-refractivity contribution in [2.75, 3.05) is 19.7 Å². The Labute approximate surface area is 75.4 Å². The summed E-state index contributed by atoms with van der Waals surface area (Å²) in [6.07, 6.45) is -3.69. The smallest absolute Gasteiger partial charge is 0.377 e. The van der Waals surface area contributed by atoms with Gasteiger partial charge >= 0.3 is 6.18 Å². The molecule has 1 saturated heterocycles. The second kappa shape index (κ2) is 4.81. The van der Waals surface area contributed by atoms with E-state index < -0.39 is 12.6 Å². The third-order valence-electron chi connectivity index (χ3n) is 1.97. The highest BCUT2D eigenvalue weighted by atomic mass is 19.4. The van der Waals surface area contributed by atoms with Gasteiger partial charge in [-0.05, 0) is 19.4 Å². The first-order valence-electron chi connectivity index (χ1n) is 4.47. The molecule has 1 N–H and O–H groups in total. The number of nitrogens with one attached hydrogen (secondary N) is 1. The number of halogens is 3. The van der Waals surface area contributed by atoms with Gasteiger partial charge in [-0.2, -0.15) is 13.2 Å². The molecule has 0 aromatic carbocycles. The van der Waals surface area contributed by atoms with E-state index in [0.29, 0.717) is 0 Å². The Balaban J connectivity index is 1.94. The van der Waals surface area contributed by atoms with Crippen molar-refractivity contribution >= 4 is 0 Å². The Morgan fingerprint density at radius 2 is 2.15 bits per heavy atom. The van der Waals surface area contributed by atoms with E-state index in [1.54, 1.807) is 0 Å². The fourth-order valence-electron chi connectivity index (χ4n) is 1.29. The summed E-state index contributed by atoms with van der Waals surface area (Å²) in [4.78, 5) is 0. The van der Waals surface area contributed by atoms with Crippen LogP contribution in [0, 0.1) is 0 Å². The maximum atomic E-state index is 11.7. The van der Waals surface area contributed by atoms with Crippen molar-refractivity contribution < 1.29 is 17.9 Å². The average molecular weight is 197 g/mol. The first kappa shape index (κ1) is 10.8. The Morgan fingerprint density at radius 1 is 1.38 bits per heavy atom. The summed E-state index contributed by atoms with van der Waals surface area (Å²) in [6.45, 7) is 1.89. The van der Waals surface area contributed by atoms with Gasteiger partial charge in [0.15, 0.2) is 0 Å². The van der Waals surface area contributed by atoms with Gasteiger partial charge in [-0.25, -0.2) is 0 Å². The van der Waals surface area contributed by atoms with E-state index in [2.05, 4.69) is 5.32 Å². The molecule has 1 atom stereocenters. The van der Waals surface area contributed by atoms with Crippen molar-refractivity contribution in [2.45, 2.75) is 31.5 Å². The molecule has 2 nitrogen and oxygen atoms in total. The lowest BCUT2D eigenvalue weighted by Gasteiger charge is -2.10. The van der Waals surface area contributed by atoms with Crippen molar-refractivity contribution in [3.05, 3.63) is 0 Å². The zero-order valence-electron chi connectivity index (χ0n) is 7.36. The quantitative estimate of drug-likeness (QED) is 0.693. The van der Waals surface area contributed by atoms with E-state index in [9.17, 15) is 13.2 Å². The number of hydrogen-bond acceptors (Lipinski definition) is 2. The predicted octanol–water partition coefficient (Wildman–Crippen LogP) is 1.71. The Hall–Kier alpha value is -0.290. The summed E-state index contributed by atoms with van der Waals surface area (Å²) in [5.41, 5.74) is 0. The molecule has 0 unspecified atom stereocenters. The van der Waals surface area contributed by atoms with E-state index in [1.807, 2.05) is 0 Å². The van der Waals surface area contributed by atoms with Crippen LogP contribution >= 0.6 is 0 Å². The molecule has 1 heterocycles. The molecule has 0 bridgehead atoms. The van der Waals surface area contributed by atoms with Gasteiger partial charge in [0.2, 0.25) is 0 Å². The van der Waals surface area contributed by atoms with Gasteiger partial charge < -0.3 is 10.1 Å². The lowest BCUT2D eigenvalue weighted by molar-refractivity contribution is -0.138. The second-order valence-electron chi connectivity index (χ2n) is 3.20. The normalized spacial score (nSPS) is 23.8. The molecule has 0 aromatic heterocycles. The van der Waals surface area contributed by atoms with Gasteiger partial charge in [-0.15, -0.1) is 0 Å². The van der Waals surface area contributed by atoms with Crippen LogP contribution in [-0.4, -0.2) is 32.0 Å². The van der Waals surface area contributed by atoms with E-state index in [4.69, 9.17) is 4.74 Å². The summed E-state index contributed by atoms with van der Waals surface area (Å²) in [5.74, 6) is 0. The van der Waals surface area contributed by atoms with Crippen molar-refractivity contribution in [3.8, 4) is 0 Å². The Bertz CT molecular complexity index is 143. The molecule has 0 spiro atoms. The standard InChI is InChI=1S/C8H14F3NO/c9-8(10,11)3-1-5-13-7-2-4-12-6-7/h7,12H,1-6H2/t7-/m1/s1. The van der Waals surface area contributed by atoms with Crippen LogP contribution in [0.4, 0.5) is 13.2 Å². The SMILES string of the molecule is FC(F)(F)CCCO[C@@H]1CCNC1. The summed E-state index contributed by atoms with van der Waals surface area (Å²) in [7, 11) is 0. The Kier molecular flexibility index (Phi) is 3.99. The molecule has 0 amide bonds. The molecule has 1 rings (SSSR count). The summed E-state index contributed by atoms with van der Waals surface area (Å²) < 4.78 is 40.3. The van der Waals surface area contributed by atoms with Crippen LogP contribution in [0.3, 0.4) is 0 Å². The van der Waals surface area contributed by atoms with Gasteiger partial charge in [0.05, 0.1) is 6.10 Å². The van der Waals surface area contributed by atoms with Crippen LogP contribution in [-0.2, 0) is 4.74 Å². The van der Waals surface area contributed by atoms with Gasteiger partial charge in [0.25, 0.3) is 0 Å². The molecule has 5 heteroatoms. The number of hydrogen-bond donors (Lipinski definition) is 1. The zero-order valence-corrected chi connectivity index (χ0v) is 7.36. The first-order valence-corrected chi connectivity index (χ1v) is 4.47. The molecule has 1 fully saturated rings. The highest BCUT2D eigenvalue weighted by molar-refractivity contribution is 4.70. The molecular weight excluding hydrogens is 183 g/mol. The largest absolute Gasteiger partial charge is 0.389 e. The molecule has 1 aliphatic rings. The van der Waals surface area contributed by atoms with Crippen molar-refractivity contribution in [1.82, 2.24) is 5.32 Å². The lowest BCUT2D eigenvalue weighted by Crippen LogP contribution is -2.18. The topological polar surface area (TPSA) is 21.3 Å². The minimum atomic E-state index is -4.04. The predicted molar refractivity (Wildman–Crippen MR) is 42.5 cm³/mol. The zero-order chi connectivity index (χ0) is 9.73. The summed E-state index contributed by atoms with van der Waals surface area (Å²) >= 11 is 0. The van der Waals surface area contributed by atoms with Crippen LogP contribution in [0.2, 0.25) is 0 Å². The van der Waals surface area contributed by atoms with Gasteiger partial charge in [0, 0.05) is 19.6 Å². The van der Waals surface area contributed by atoms with Crippen LogP contribution in [0.15, 0.2) is 0 Å². The van der Waals surface area contributed by atoms with Gasteiger partial charge in [-0.1, -0.05) is 0 Å². The third-order valence-corrected chi connectivity index (χ3v) is 1.97. The summed E-state index contributed by atoms with van der Waals surface area (Å²) in [6, 6.07) is 0. The van der Waals surface area contributed by atoms with E-state index in [0.717, 1.165) is 19.5 Å². The molecule has 0 aromatic rings. The molecule has 78 valence electrons. The molecule has 1 aliphatic heterocycles. The number of alkyl halides is 3. The van der Waals surface area contributed by atoms with Crippen molar-refractivity contribution in [1.29, 1.82) is 0 Å². The van der Waals surface area contributed by atoms with Crippen molar-refractivity contribution in [2.24, 2.45) is 0 Å². The van der Waals surface area contributed by atoms with Crippen LogP contribution in [0.5, 0.6) is 0 Å². The molecule has 0 saturated carbocycles. The third kappa shape index (κ3) is 5.10. The van der Waals surface area contributed by atoms with Crippen LogP contribution in [0.25, 0.3) is 0 Å². The number of ether oxygens (including phenoxy) is 1. The lowest BCUT2D eigenvalue weighted by atomic mass is 10.3. The molecule has 0 radical (unpaired) electrons. The second-order valence-corrected chi connectivity index (χ2v) is 3.20. The van der Waals surface area contributed by atoms with Gasteiger partial charge in [0.1, 0.15) is 0 Å². The highest BCUT2D eigenvalue weighted by Gasteiger charge is 2.26. The minimum Gasteiger partial charge on any atom is -0.377 e. The number of rotatable bonds is 4.